The summed E-state index contributed by atoms with van der Waals surface area (Å²) in [6.07, 6.45) is 0.840. The first-order valence-corrected chi connectivity index (χ1v) is 6.11. The maximum atomic E-state index is 12.9. The lowest BCUT2D eigenvalue weighted by atomic mass is 10.00. The van der Waals surface area contributed by atoms with Crippen LogP contribution in [-0.2, 0) is 13.0 Å². The minimum Gasteiger partial charge on any atom is -0.293 e. The molecule has 0 unspecified atom stereocenters. The highest BCUT2D eigenvalue weighted by Crippen LogP contribution is 2.27. The molecule has 0 spiro atoms. The van der Waals surface area contributed by atoms with Gasteiger partial charge in [0.05, 0.1) is 6.54 Å². The Morgan fingerprint density at radius 2 is 2.19 bits per heavy atom. The Hall–Kier alpha value is -0.480. The van der Waals surface area contributed by atoms with Crippen LogP contribution in [0.25, 0.3) is 0 Å². The summed E-state index contributed by atoms with van der Waals surface area (Å²) in [4.78, 5) is 1.81. The fourth-order valence-electron chi connectivity index (χ4n) is 2.15. The summed E-state index contributed by atoms with van der Waals surface area (Å²) in [5, 5.41) is 0. The molecular weight excluding hydrogens is 276 g/mol. The number of halogens is 3. The molecule has 1 nitrogen and oxygen atoms in total. The maximum Gasteiger partial charge on any atom is 0.257 e. The zero-order valence-electron chi connectivity index (χ0n) is 9.14. The van der Waals surface area contributed by atoms with Crippen molar-refractivity contribution in [2.24, 2.45) is 0 Å². The van der Waals surface area contributed by atoms with Crippen LogP contribution in [0.3, 0.4) is 0 Å². The van der Waals surface area contributed by atoms with Crippen molar-refractivity contribution in [1.82, 2.24) is 4.90 Å². The van der Waals surface area contributed by atoms with Crippen LogP contribution in [0, 0.1) is 0 Å². The number of alkyl halides is 2. The average molecular weight is 290 g/mol. The van der Waals surface area contributed by atoms with Gasteiger partial charge in [-0.2, -0.15) is 0 Å². The summed E-state index contributed by atoms with van der Waals surface area (Å²) in [6.45, 7) is 2.15. The number of fused-ring (bicyclic) bond motifs is 1. The molecule has 1 aliphatic heterocycles. The van der Waals surface area contributed by atoms with Crippen LogP contribution in [0.4, 0.5) is 8.78 Å². The van der Waals surface area contributed by atoms with Gasteiger partial charge in [0.15, 0.2) is 0 Å². The van der Waals surface area contributed by atoms with Gasteiger partial charge in [-0.25, -0.2) is 8.78 Å². The third-order valence-electron chi connectivity index (χ3n) is 2.79. The van der Waals surface area contributed by atoms with Gasteiger partial charge >= 0.3 is 0 Å². The molecule has 0 saturated heterocycles. The van der Waals surface area contributed by atoms with E-state index in [1.807, 2.05) is 23.1 Å². The lowest BCUT2D eigenvalue weighted by Crippen LogP contribution is -2.38. The molecule has 1 aliphatic rings. The monoisotopic (exact) mass is 289 g/mol. The number of benzene rings is 1. The molecule has 16 heavy (non-hydrogen) atoms. The van der Waals surface area contributed by atoms with Gasteiger partial charge in [0, 0.05) is 24.5 Å². The normalized spacial score (nSPS) is 17.2. The van der Waals surface area contributed by atoms with Crippen LogP contribution in [-0.4, -0.2) is 23.9 Å². The molecule has 0 aromatic heterocycles. The molecule has 0 fully saturated rings. The van der Waals surface area contributed by atoms with E-state index in [-0.39, 0.29) is 6.54 Å². The van der Waals surface area contributed by atoms with Crippen molar-refractivity contribution in [1.29, 1.82) is 0 Å². The topological polar surface area (TPSA) is 3.24 Å². The largest absolute Gasteiger partial charge is 0.293 e. The standard InChI is InChI=1S/C12H14BrF2N/c1-12(14,15)8-16-6-5-10-9(7-16)3-2-4-11(10)13/h2-4H,5-8H2,1H3. The van der Waals surface area contributed by atoms with Crippen LogP contribution in [0.2, 0.25) is 0 Å². The van der Waals surface area contributed by atoms with Crippen LogP contribution in [0.5, 0.6) is 0 Å². The molecule has 1 aromatic rings. The summed E-state index contributed by atoms with van der Waals surface area (Å²) in [5.74, 6) is -2.61. The quantitative estimate of drug-likeness (QED) is 0.806. The van der Waals surface area contributed by atoms with Crippen molar-refractivity contribution in [3.05, 3.63) is 33.8 Å². The Balaban J connectivity index is 2.12. The third-order valence-corrected chi connectivity index (χ3v) is 3.53. The predicted molar refractivity (Wildman–Crippen MR) is 63.7 cm³/mol. The molecule has 0 atom stereocenters. The third kappa shape index (κ3) is 2.80. The average Bonchev–Trinajstić information content (AvgIpc) is 2.15. The second kappa shape index (κ2) is 4.41. The van der Waals surface area contributed by atoms with E-state index in [0.717, 1.165) is 23.4 Å². The molecule has 1 aromatic carbocycles. The SMILES string of the molecule is CC(F)(F)CN1CCc2c(Br)cccc2C1. The van der Waals surface area contributed by atoms with Gasteiger partial charge in [0.2, 0.25) is 0 Å². The van der Waals surface area contributed by atoms with Gasteiger partial charge < -0.3 is 0 Å². The smallest absolute Gasteiger partial charge is 0.257 e. The zero-order valence-corrected chi connectivity index (χ0v) is 10.7. The fraction of sp³-hybridized carbons (Fsp3) is 0.500. The molecular formula is C12H14BrF2N. The fourth-order valence-corrected chi connectivity index (χ4v) is 2.75. The molecule has 0 radical (unpaired) electrons. The molecule has 0 aliphatic carbocycles. The first-order valence-electron chi connectivity index (χ1n) is 5.32. The van der Waals surface area contributed by atoms with Crippen molar-refractivity contribution >= 4 is 15.9 Å². The summed E-state index contributed by atoms with van der Waals surface area (Å²) in [5.41, 5.74) is 2.42. The van der Waals surface area contributed by atoms with Crippen LogP contribution in [0.1, 0.15) is 18.1 Å². The maximum absolute atomic E-state index is 12.9. The summed E-state index contributed by atoms with van der Waals surface area (Å²) in [6, 6.07) is 5.97. The minimum absolute atomic E-state index is 0.154. The molecule has 88 valence electrons. The minimum atomic E-state index is -2.61. The summed E-state index contributed by atoms with van der Waals surface area (Å²) in [7, 11) is 0. The number of nitrogens with zero attached hydrogens (tertiary/aromatic N) is 1. The number of rotatable bonds is 2. The van der Waals surface area contributed by atoms with E-state index < -0.39 is 5.92 Å². The van der Waals surface area contributed by atoms with Gasteiger partial charge in [-0.15, -0.1) is 0 Å². The van der Waals surface area contributed by atoms with Gasteiger partial charge in [0.25, 0.3) is 5.92 Å². The first kappa shape index (κ1) is 12.0. The van der Waals surface area contributed by atoms with Crippen LogP contribution >= 0.6 is 15.9 Å². The summed E-state index contributed by atoms with van der Waals surface area (Å²) < 4.78 is 26.9. The van der Waals surface area contributed by atoms with E-state index in [0.29, 0.717) is 13.1 Å². The van der Waals surface area contributed by atoms with Crippen molar-refractivity contribution < 1.29 is 8.78 Å². The predicted octanol–water partition coefficient (Wildman–Crippen LogP) is 3.46. The lowest BCUT2D eigenvalue weighted by Gasteiger charge is -2.31. The van der Waals surface area contributed by atoms with E-state index in [4.69, 9.17) is 0 Å². The Morgan fingerprint density at radius 1 is 1.44 bits per heavy atom. The van der Waals surface area contributed by atoms with Gasteiger partial charge in [0.1, 0.15) is 0 Å². The second-order valence-corrected chi connectivity index (χ2v) is 5.26. The number of hydrogen-bond donors (Lipinski definition) is 0. The Kier molecular flexibility index (Phi) is 3.31. The lowest BCUT2D eigenvalue weighted by molar-refractivity contribution is -0.0179. The molecule has 1 heterocycles. The highest BCUT2D eigenvalue weighted by atomic mass is 79.9. The zero-order chi connectivity index (χ0) is 11.8. The molecule has 0 saturated carbocycles. The van der Waals surface area contributed by atoms with Crippen LogP contribution < -0.4 is 0 Å². The molecule has 2 rings (SSSR count). The second-order valence-electron chi connectivity index (χ2n) is 4.41. The molecule has 0 bridgehead atoms. The number of hydrogen-bond acceptors (Lipinski definition) is 1. The Labute approximate surface area is 103 Å². The highest BCUT2D eigenvalue weighted by Gasteiger charge is 2.27. The Bertz CT molecular complexity index is 387. The van der Waals surface area contributed by atoms with E-state index >= 15 is 0 Å². The summed E-state index contributed by atoms with van der Waals surface area (Å²) >= 11 is 3.50. The van der Waals surface area contributed by atoms with Crippen molar-refractivity contribution in [3.8, 4) is 0 Å². The van der Waals surface area contributed by atoms with E-state index in [1.165, 1.54) is 5.56 Å². The Morgan fingerprint density at radius 3 is 2.88 bits per heavy atom. The van der Waals surface area contributed by atoms with Crippen molar-refractivity contribution in [2.75, 3.05) is 13.1 Å². The molecule has 4 heteroatoms. The van der Waals surface area contributed by atoms with Crippen molar-refractivity contribution in [2.45, 2.75) is 25.8 Å². The van der Waals surface area contributed by atoms with Crippen LogP contribution in [0.15, 0.2) is 22.7 Å². The van der Waals surface area contributed by atoms with E-state index in [2.05, 4.69) is 15.9 Å². The molecule has 0 N–H and O–H groups in total. The van der Waals surface area contributed by atoms with Gasteiger partial charge in [-0.3, -0.25) is 4.90 Å². The van der Waals surface area contributed by atoms with Gasteiger partial charge in [-0.1, -0.05) is 28.1 Å². The van der Waals surface area contributed by atoms with Crippen molar-refractivity contribution in [3.63, 3.8) is 0 Å². The highest BCUT2D eigenvalue weighted by molar-refractivity contribution is 9.10. The van der Waals surface area contributed by atoms with E-state index in [9.17, 15) is 8.78 Å². The van der Waals surface area contributed by atoms with Gasteiger partial charge in [-0.05, 0) is 23.6 Å². The first-order chi connectivity index (χ1) is 7.46. The van der Waals surface area contributed by atoms with E-state index in [1.54, 1.807) is 0 Å². The molecule has 0 amide bonds.